The number of rotatable bonds is 6. The monoisotopic (exact) mass is 225 g/mol. The van der Waals surface area contributed by atoms with Gasteiger partial charge in [0.2, 0.25) is 5.95 Å². The van der Waals surface area contributed by atoms with Crippen LogP contribution in [0.5, 0.6) is 0 Å². The van der Waals surface area contributed by atoms with Crippen molar-refractivity contribution in [2.75, 3.05) is 38.6 Å². The predicted molar refractivity (Wildman–Crippen MR) is 65.3 cm³/mol. The van der Waals surface area contributed by atoms with Gasteiger partial charge >= 0.3 is 0 Å². The summed E-state index contributed by atoms with van der Waals surface area (Å²) in [4.78, 5) is 7.88. The van der Waals surface area contributed by atoms with Gasteiger partial charge in [0.1, 0.15) is 0 Å². The van der Waals surface area contributed by atoms with Gasteiger partial charge in [0.25, 0.3) is 0 Å². The molecule has 0 radical (unpaired) electrons. The van der Waals surface area contributed by atoms with Gasteiger partial charge in [-0.1, -0.05) is 0 Å². The minimum atomic E-state index is -0.413. The highest BCUT2D eigenvalue weighted by Gasteiger charge is 2.05. The first-order chi connectivity index (χ1) is 7.63. The van der Waals surface area contributed by atoms with Crippen molar-refractivity contribution >= 4 is 5.69 Å². The molecule has 0 bridgehead atoms. The second kappa shape index (κ2) is 6.43. The van der Waals surface area contributed by atoms with Crippen LogP contribution in [0.1, 0.15) is 13.3 Å². The molecule has 1 aromatic heterocycles. The molecule has 4 heteroatoms. The molecule has 0 aliphatic rings. The second-order valence-electron chi connectivity index (χ2n) is 4.07. The summed E-state index contributed by atoms with van der Waals surface area (Å²) in [6, 6.07) is 3.33. The van der Waals surface area contributed by atoms with Crippen molar-refractivity contribution < 1.29 is 4.39 Å². The van der Waals surface area contributed by atoms with Gasteiger partial charge in [-0.05, 0) is 40.1 Å². The van der Waals surface area contributed by atoms with Crippen LogP contribution < -0.4 is 4.90 Å². The van der Waals surface area contributed by atoms with Gasteiger partial charge < -0.3 is 9.80 Å². The van der Waals surface area contributed by atoms with E-state index in [-0.39, 0.29) is 0 Å². The number of aromatic nitrogens is 1. The lowest BCUT2D eigenvalue weighted by Crippen LogP contribution is -2.27. The molecule has 1 heterocycles. The summed E-state index contributed by atoms with van der Waals surface area (Å²) in [5, 5.41) is 0. The van der Waals surface area contributed by atoms with Crippen LogP contribution in [0, 0.1) is 5.95 Å². The Morgan fingerprint density at radius 2 is 2.06 bits per heavy atom. The quantitative estimate of drug-likeness (QED) is 0.690. The molecule has 0 aliphatic heterocycles. The average molecular weight is 225 g/mol. The maximum atomic E-state index is 13.0. The molecule has 0 aromatic carbocycles. The van der Waals surface area contributed by atoms with E-state index in [1.807, 2.05) is 6.07 Å². The summed E-state index contributed by atoms with van der Waals surface area (Å²) >= 11 is 0. The third-order valence-electron chi connectivity index (χ3n) is 2.49. The Morgan fingerprint density at radius 1 is 1.31 bits per heavy atom. The zero-order chi connectivity index (χ0) is 12.0. The fraction of sp³-hybridized carbons (Fsp3) is 0.583. The van der Waals surface area contributed by atoms with Crippen LogP contribution in [0.25, 0.3) is 0 Å². The lowest BCUT2D eigenvalue weighted by Gasteiger charge is -2.23. The molecule has 0 saturated heterocycles. The lowest BCUT2D eigenvalue weighted by molar-refractivity contribution is 0.400. The van der Waals surface area contributed by atoms with E-state index in [2.05, 4.69) is 35.8 Å². The molecular formula is C12H20FN3. The number of pyridine rings is 1. The number of anilines is 1. The SMILES string of the molecule is CCN(CCCN(C)C)c1ccnc(F)c1. The summed E-state index contributed by atoms with van der Waals surface area (Å²) < 4.78 is 13.0. The molecule has 0 spiro atoms. The maximum Gasteiger partial charge on any atom is 0.214 e. The highest BCUT2D eigenvalue weighted by atomic mass is 19.1. The van der Waals surface area contributed by atoms with Crippen molar-refractivity contribution in [3.8, 4) is 0 Å². The molecular weight excluding hydrogens is 205 g/mol. The van der Waals surface area contributed by atoms with E-state index in [9.17, 15) is 4.39 Å². The fourth-order valence-electron chi connectivity index (χ4n) is 1.64. The Bertz CT molecular complexity index is 315. The normalized spacial score (nSPS) is 10.8. The summed E-state index contributed by atoms with van der Waals surface area (Å²) in [6.45, 7) is 4.95. The lowest BCUT2D eigenvalue weighted by atomic mass is 10.3. The minimum absolute atomic E-state index is 0.413. The number of hydrogen-bond acceptors (Lipinski definition) is 3. The first-order valence-corrected chi connectivity index (χ1v) is 5.64. The van der Waals surface area contributed by atoms with Crippen molar-refractivity contribution in [2.24, 2.45) is 0 Å². The zero-order valence-electron chi connectivity index (χ0n) is 10.3. The van der Waals surface area contributed by atoms with Gasteiger partial charge in [-0.25, -0.2) is 4.98 Å². The van der Waals surface area contributed by atoms with E-state index in [1.165, 1.54) is 12.3 Å². The van der Waals surface area contributed by atoms with Crippen molar-refractivity contribution in [1.29, 1.82) is 0 Å². The van der Waals surface area contributed by atoms with Crippen LogP contribution in [0.4, 0.5) is 10.1 Å². The van der Waals surface area contributed by atoms with Gasteiger partial charge in [0.05, 0.1) is 0 Å². The van der Waals surface area contributed by atoms with Gasteiger partial charge in [-0.2, -0.15) is 4.39 Å². The van der Waals surface area contributed by atoms with E-state index < -0.39 is 5.95 Å². The van der Waals surface area contributed by atoms with Crippen LogP contribution in [0.2, 0.25) is 0 Å². The largest absolute Gasteiger partial charge is 0.372 e. The van der Waals surface area contributed by atoms with Crippen molar-refractivity contribution in [3.05, 3.63) is 24.3 Å². The topological polar surface area (TPSA) is 19.4 Å². The van der Waals surface area contributed by atoms with E-state index in [1.54, 1.807) is 0 Å². The third kappa shape index (κ3) is 4.14. The van der Waals surface area contributed by atoms with E-state index in [0.717, 1.165) is 31.7 Å². The molecule has 0 saturated carbocycles. The molecule has 0 aliphatic carbocycles. The van der Waals surface area contributed by atoms with Gasteiger partial charge in [-0.3, -0.25) is 0 Å². The van der Waals surface area contributed by atoms with Gasteiger partial charge in [0, 0.05) is 31.0 Å². The number of hydrogen-bond donors (Lipinski definition) is 0. The summed E-state index contributed by atoms with van der Waals surface area (Å²) in [7, 11) is 4.12. The zero-order valence-corrected chi connectivity index (χ0v) is 10.3. The average Bonchev–Trinajstić information content (AvgIpc) is 2.24. The molecule has 0 atom stereocenters. The molecule has 16 heavy (non-hydrogen) atoms. The van der Waals surface area contributed by atoms with Gasteiger partial charge in [-0.15, -0.1) is 0 Å². The minimum Gasteiger partial charge on any atom is -0.372 e. The Kier molecular flexibility index (Phi) is 5.19. The van der Waals surface area contributed by atoms with Crippen LogP contribution in [0.3, 0.4) is 0 Å². The van der Waals surface area contributed by atoms with Crippen LogP contribution in [-0.4, -0.2) is 43.6 Å². The molecule has 1 rings (SSSR count). The summed E-state index contributed by atoms with van der Waals surface area (Å²) in [5.41, 5.74) is 0.911. The molecule has 0 amide bonds. The highest BCUT2D eigenvalue weighted by molar-refractivity contribution is 5.44. The van der Waals surface area contributed by atoms with Crippen LogP contribution >= 0.6 is 0 Å². The molecule has 90 valence electrons. The van der Waals surface area contributed by atoms with E-state index in [4.69, 9.17) is 0 Å². The van der Waals surface area contributed by atoms with Crippen LogP contribution in [-0.2, 0) is 0 Å². The van der Waals surface area contributed by atoms with Crippen LogP contribution in [0.15, 0.2) is 18.3 Å². The number of nitrogens with zero attached hydrogens (tertiary/aromatic N) is 3. The molecule has 0 fully saturated rings. The summed E-state index contributed by atoms with van der Waals surface area (Å²) in [6.07, 6.45) is 2.59. The van der Waals surface area contributed by atoms with Crippen molar-refractivity contribution in [2.45, 2.75) is 13.3 Å². The Labute approximate surface area is 96.9 Å². The van der Waals surface area contributed by atoms with Crippen molar-refractivity contribution in [3.63, 3.8) is 0 Å². The third-order valence-corrected chi connectivity index (χ3v) is 2.49. The Morgan fingerprint density at radius 3 is 2.62 bits per heavy atom. The smallest absolute Gasteiger partial charge is 0.214 e. The van der Waals surface area contributed by atoms with E-state index in [0.29, 0.717) is 0 Å². The summed E-state index contributed by atoms with van der Waals surface area (Å²) in [5.74, 6) is -0.413. The Hall–Kier alpha value is -1.16. The number of halogens is 1. The predicted octanol–water partition coefficient (Wildman–Crippen LogP) is 2.00. The van der Waals surface area contributed by atoms with Crippen molar-refractivity contribution in [1.82, 2.24) is 9.88 Å². The second-order valence-corrected chi connectivity index (χ2v) is 4.07. The molecule has 0 unspecified atom stereocenters. The first kappa shape index (κ1) is 12.9. The Balaban J connectivity index is 2.53. The molecule has 1 aromatic rings. The molecule has 0 N–H and O–H groups in total. The highest BCUT2D eigenvalue weighted by Crippen LogP contribution is 2.13. The van der Waals surface area contributed by atoms with E-state index >= 15 is 0 Å². The molecule has 3 nitrogen and oxygen atoms in total. The fourth-order valence-corrected chi connectivity index (χ4v) is 1.64. The maximum absolute atomic E-state index is 13.0. The standard InChI is InChI=1S/C12H20FN3/c1-4-16(9-5-8-15(2)3)11-6-7-14-12(13)10-11/h6-7,10H,4-5,8-9H2,1-3H3. The first-order valence-electron chi connectivity index (χ1n) is 5.64. The van der Waals surface area contributed by atoms with Gasteiger partial charge in [0.15, 0.2) is 0 Å².